The average molecular weight is 860 g/mol. The summed E-state index contributed by atoms with van der Waals surface area (Å²) < 4.78 is 26.8. The number of hydrogen-bond donors (Lipinski definition) is 4. The quantitative estimate of drug-likeness (QED) is 0.0200. The van der Waals surface area contributed by atoms with Gasteiger partial charge in [0.1, 0.15) is 12.7 Å². The number of ether oxygens (including phenoxy) is 1. The molecule has 0 spiro atoms. The number of aliphatic hydroxyl groups excluding tert-OH is 1. The summed E-state index contributed by atoms with van der Waals surface area (Å²) in [7, 11) is -4.75. The molecular formula is C47H90NO10P. The van der Waals surface area contributed by atoms with Gasteiger partial charge in [0, 0.05) is 12.8 Å². The molecule has 0 saturated heterocycles. The summed E-state index contributed by atoms with van der Waals surface area (Å²) in [6.07, 6.45) is 43.9. The lowest BCUT2D eigenvalue weighted by Gasteiger charge is -2.18. The molecular weight excluding hydrogens is 769 g/mol. The Bertz CT molecular complexity index is 1060. The van der Waals surface area contributed by atoms with Gasteiger partial charge in [-0.2, -0.15) is 0 Å². The van der Waals surface area contributed by atoms with Crippen LogP contribution in [-0.4, -0.2) is 64.9 Å². The van der Waals surface area contributed by atoms with Crippen LogP contribution in [0.5, 0.6) is 0 Å². The fraction of sp³-hybridized carbons (Fsp3) is 0.894. The number of unbranched alkanes of at least 4 members (excludes halogenated alkanes) is 30. The van der Waals surface area contributed by atoms with E-state index >= 15 is 0 Å². The number of aliphatic carboxylic acids is 1. The first kappa shape index (κ1) is 57.2. The number of carboxylic acids is 1. The van der Waals surface area contributed by atoms with E-state index in [1.165, 1.54) is 141 Å². The molecule has 1 amide bonds. The molecule has 4 N–H and O–H groups in total. The third kappa shape index (κ3) is 42.7. The number of aliphatic hydroxyl groups is 1. The highest BCUT2D eigenvalue weighted by atomic mass is 31.2. The van der Waals surface area contributed by atoms with Crippen LogP contribution in [0, 0.1) is 0 Å². The van der Waals surface area contributed by atoms with E-state index < -0.39 is 57.6 Å². The van der Waals surface area contributed by atoms with Gasteiger partial charge in [-0.05, 0) is 32.1 Å². The highest BCUT2D eigenvalue weighted by molar-refractivity contribution is 7.47. The molecule has 3 atom stereocenters. The molecule has 0 heterocycles. The standard InChI is InChI=1S/C47H90NO10P/c1-3-5-7-9-11-13-15-16-17-18-19-20-21-22-23-24-25-26-27-29-30-32-34-36-38-45(50)48-44(47(52)53)42-58-59(54,55)57-41-43(49)40-56-46(51)39-37-35-33-31-28-14-12-10-8-6-4-2/h10,12,43-44,49H,3-9,11,13-42H2,1-2H3,(H,48,50)(H,52,53)(H,54,55)/b12-10-. The third-order valence-corrected chi connectivity index (χ3v) is 11.8. The second-order valence-electron chi connectivity index (χ2n) is 16.7. The Hall–Kier alpha value is -1.78. The van der Waals surface area contributed by atoms with Crippen molar-refractivity contribution in [1.82, 2.24) is 5.32 Å². The van der Waals surface area contributed by atoms with Crippen LogP contribution < -0.4 is 5.32 Å². The number of esters is 1. The van der Waals surface area contributed by atoms with Gasteiger partial charge in [-0.25, -0.2) is 9.36 Å². The number of carbonyl (C=O) groups excluding carboxylic acids is 2. The summed E-state index contributed by atoms with van der Waals surface area (Å²) in [5.74, 6) is -2.37. The maximum Gasteiger partial charge on any atom is 0.472 e. The minimum atomic E-state index is -4.75. The number of hydrogen-bond acceptors (Lipinski definition) is 8. The van der Waals surface area contributed by atoms with Gasteiger partial charge in [0.05, 0.1) is 13.2 Å². The van der Waals surface area contributed by atoms with E-state index in [0.29, 0.717) is 12.8 Å². The number of allylic oxidation sites excluding steroid dienone is 2. The van der Waals surface area contributed by atoms with E-state index in [1.807, 2.05) is 0 Å². The maximum atomic E-state index is 12.4. The third-order valence-electron chi connectivity index (χ3n) is 10.8. The summed E-state index contributed by atoms with van der Waals surface area (Å²) >= 11 is 0. The number of rotatable bonds is 46. The van der Waals surface area contributed by atoms with Gasteiger partial charge in [0.2, 0.25) is 5.91 Å². The van der Waals surface area contributed by atoms with Crippen LogP contribution in [0.3, 0.4) is 0 Å². The van der Waals surface area contributed by atoms with Crippen molar-refractivity contribution in [2.24, 2.45) is 0 Å². The molecule has 11 nitrogen and oxygen atoms in total. The zero-order valence-electron chi connectivity index (χ0n) is 37.8. The lowest BCUT2D eigenvalue weighted by atomic mass is 10.0. The highest BCUT2D eigenvalue weighted by Crippen LogP contribution is 2.43. The van der Waals surface area contributed by atoms with Crippen LogP contribution >= 0.6 is 7.82 Å². The molecule has 0 rings (SSSR count). The molecule has 0 aliphatic heterocycles. The molecule has 0 aromatic heterocycles. The smallest absolute Gasteiger partial charge is 0.472 e. The summed E-state index contributed by atoms with van der Waals surface area (Å²) in [6, 6.07) is -1.54. The minimum absolute atomic E-state index is 0.151. The van der Waals surface area contributed by atoms with Gasteiger partial charge in [-0.1, -0.05) is 206 Å². The summed E-state index contributed by atoms with van der Waals surface area (Å²) in [6.45, 7) is 2.57. The van der Waals surface area contributed by atoms with Gasteiger partial charge in [0.25, 0.3) is 0 Å². The van der Waals surface area contributed by atoms with Gasteiger partial charge in [-0.3, -0.25) is 18.6 Å². The Labute approximate surface area is 360 Å². The zero-order valence-corrected chi connectivity index (χ0v) is 38.7. The maximum absolute atomic E-state index is 12.4. The van der Waals surface area contributed by atoms with Gasteiger partial charge in [-0.15, -0.1) is 0 Å². The number of phosphoric acid groups is 1. The predicted molar refractivity (Wildman–Crippen MR) is 240 cm³/mol. The molecule has 12 heteroatoms. The molecule has 348 valence electrons. The number of amides is 1. The Balaban J connectivity index is 3.78. The summed E-state index contributed by atoms with van der Waals surface area (Å²) in [5.41, 5.74) is 0. The SMILES string of the molecule is CCCC/C=C\CCCCCCCC(=O)OCC(O)COP(=O)(O)OCC(NC(=O)CCCCCCCCCCCCCCCCCCCCCCCCCC)C(=O)O. The van der Waals surface area contributed by atoms with E-state index in [2.05, 4.69) is 31.3 Å². The second kappa shape index (κ2) is 42.9. The van der Waals surface area contributed by atoms with Crippen LogP contribution in [0.15, 0.2) is 12.2 Å². The zero-order chi connectivity index (χ0) is 43.5. The van der Waals surface area contributed by atoms with Gasteiger partial charge < -0.3 is 25.2 Å². The fourth-order valence-corrected chi connectivity index (χ4v) is 7.78. The minimum Gasteiger partial charge on any atom is -0.480 e. The summed E-state index contributed by atoms with van der Waals surface area (Å²) in [5, 5.41) is 21.8. The van der Waals surface area contributed by atoms with E-state index in [-0.39, 0.29) is 12.8 Å². The fourth-order valence-electron chi connectivity index (χ4n) is 7.00. The second-order valence-corrected chi connectivity index (χ2v) is 18.1. The lowest BCUT2D eigenvalue weighted by molar-refractivity contribution is -0.147. The Morgan fingerprint density at radius 2 is 0.898 bits per heavy atom. The Kier molecular flexibility index (Phi) is 41.6. The van der Waals surface area contributed by atoms with Crippen LogP contribution in [0.4, 0.5) is 0 Å². The van der Waals surface area contributed by atoms with Crippen LogP contribution in [0.25, 0.3) is 0 Å². The monoisotopic (exact) mass is 860 g/mol. The average Bonchev–Trinajstić information content (AvgIpc) is 3.21. The first-order valence-electron chi connectivity index (χ1n) is 24.2. The highest BCUT2D eigenvalue weighted by Gasteiger charge is 2.28. The lowest BCUT2D eigenvalue weighted by Crippen LogP contribution is -2.43. The van der Waals surface area contributed by atoms with Crippen molar-refractivity contribution in [2.45, 2.75) is 251 Å². The molecule has 0 aromatic rings. The van der Waals surface area contributed by atoms with Crippen LogP contribution in [-0.2, 0) is 32.7 Å². The van der Waals surface area contributed by atoms with Crippen molar-refractivity contribution in [3.8, 4) is 0 Å². The van der Waals surface area contributed by atoms with Crippen molar-refractivity contribution >= 4 is 25.7 Å². The molecule has 0 fully saturated rings. The molecule has 0 bridgehead atoms. The Morgan fingerprint density at radius 1 is 0.525 bits per heavy atom. The number of phosphoric ester groups is 1. The van der Waals surface area contributed by atoms with E-state index in [1.54, 1.807) is 0 Å². The molecule has 3 unspecified atom stereocenters. The van der Waals surface area contributed by atoms with Crippen molar-refractivity contribution in [1.29, 1.82) is 0 Å². The van der Waals surface area contributed by atoms with Crippen LogP contribution in [0.2, 0.25) is 0 Å². The van der Waals surface area contributed by atoms with Crippen molar-refractivity contribution in [2.75, 3.05) is 19.8 Å². The number of carbonyl (C=O) groups is 3. The topological polar surface area (TPSA) is 169 Å². The van der Waals surface area contributed by atoms with E-state index in [0.717, 1.165) is 57.8 Å². The molecule has 59 heavy (non-hydrogen) atoms. The van der Waals surface area contributed by atoms with Crippen molar-refractivity contribution in [3.63, 3.8) is 0 Å². The van der Waals surface area contributed by atoms with E-state index in [9.17, 15) is 34.1 Å². The molecule has 0 aliphatic carbocycles. The van der Waals surface area contributed by atoms with Gasteiger partial charge >= 0.3 is 19.8 Å². The first-order valence-corrected chi connectivity index (χ1v) is 25.7. The van der Waals surface area contributed by atoms with Crippen molar-refractivity contribution in [3.05, 3.63) is 12.2 Å². The first-order chi connectivity index (χ1) is 28.6. The largest absolute Gasteiger partial charge is 0.480 e. The summed E-state index contributed by atoms with van der Waals surface area (Å²) in [4.78, 5) is 45.9. The van der Waals surface area contributed by atoms with Crippen molar-refractivity contribution < 1.29 is 47.8 Å². The van der Waals surface area contributed by atoms with E-state index in [4.69, 9.17) is 13.8 Å². The normalized spacial score (nSPS) is 13.7. The predicted octanol–water partition coefficient (Wildman–Crippen LogP) is 12.8. The molecule has 0 aromatic carbocycles. The molecule has 0 radical (unpaired) electrons. The molecule has 0 saturated carbocycles. The van der Waals surface area contributed by atoms with Gasteiger partial charge in [0.15, 0.2) is 6.04 Å². The van der Waals surface area contributed by atoms with Crippen LogP contribution in [0.1, 0.15) is 239 Å². The number of carboxylic acid groups (broad SMARTS) is 1. The Morgan fingerprint density at radius 3 is 1.34 bits per heavy atom. The number of nitrogens with one attached hydrogen (secondary N) is 1. The molecule has 0 aliphatic rings.